The van der Waals surface area contributed by atoms with E-state index in [1.165, 1.54) is 30.4 Å². The Labute approximate surface area is 111 Å². The first-order valence-electron chi connectivity index (χ1n) is 7.05. The highest BCUT2D eigenvalue weighted by Gasteiger charge is 2.34. The minimum Gasteiger partial charge on any atom is -0.366 e. The van der Waals surface area contributed by atoms with Crippen molar-refractivity contribution in [2.75, 3.05) is 6.61 Å². The normalized spacial score (nSPS) is 23.2. The first kappa shape index (κ1) is 13.4. The van der Waals surface area contributed by atoms with Gasteiger partial charge in [0.05, 0.1) is 12.2 Å². The van der Waals surface area contributed by atoms with Crippen LogP contribution in [0.3, 0.4) is 0 Å². The molecule has 0 saturated heterocycles. The first-order valence-corrected chi connectivity index (χ1v) is 7.05. The molecule has 0 fully saturated rings. The van der Waals surface area contributed by atoms with E-state index >= 15 is 0 Å². The largest absolute Gasteiger partial charge is 0.366 e. The molecule has 0 aliphatic heterocycles. The highest BCUT2D eigenvalue weighted by molar-refractivity contribution is 5.34. The first-order chi connectivity index (χ1) is 8.68. The van der Waals surface area contributed by atoms with Crippen LogP contribution in [0.4, 0.5) is 0 Å². The van der Waals surface area contributed by atoms with Gasteiger partial charge in [-0.05, 0) is 50.2 Å². The van der Waals surface area contributed by atoms with Crippen LogP contribution in [0.5, 0.6) is 0 Å². The van der Waals surface area contributed by atoms with E-state index in [0.29, 0.717) is 6.61 Å². The molecule has 0 N–H and O–H groups in total. The molecular weight excluding hydrogens is 220 g/mol. The zero-order valence-corrected chi connectivity index (χ0v) is 11.7. The van der Waals surface area contributed by atoms with Crippen molar-refractivity contribution < 1.29 is 4.74 Å². The molecule has 0 spiro atoms. The van der Waals surface area contributed by atoms with Crippen LogP contribution in [-0.2, 0) is 16.8 Å². The summed E-state index contributed by atoms with van der Waals surface area (Å²) >= 11 is 0. The van der Waals surface area contributed by atoms with Crippen molar-refractivity contribution >= 4 is 0 Å². The molecule has 1 aromatic rings. The van der Waals surface area contributed by atoms with Crippen molar-refractivity contribution in [1.29, 1.82) is 0 Å². The van der Waals surface area contributed by atoms with Crippen LogP contribution >= 0.6 is 0 Å². The lowest BCUT2D eigenvalue weighted by Gasteiger charge is -2.34. The summed E-state index contributed by atoms with van der Waals surface area (Å²) in [6, 6.07) is 8.79. The minimum absolute atomic E-state index is 0.0912. The fourth-order valence-electron chi connectivity index (χ4n) is 2.92. The third-order valence-electron chi connectivity index (χ3n) is 3.95. The second-order valence-electron chi connectivity index (χ2n) is 5.46. The Balaban J connectivity index is 2.35. The van der Waals surface area contributed by atoms with Crippen LogP contribution in [0, 0.1) is 0 Å². The number of rotatable bonds is 4. The van der Waals surface area contributed by atoms with Crippen molar-refractivity contribution in [3.8, 4) is 0 Å². The molecule has 1 nitrogen and oxygen atoms in total. The van der Waals surface area contributed by atoms with Gasteiger partial charge >= 0.3 is 0 Å². The highest BCUT2D eigenvalue weighted by Crippen LogP contribution is 2.40. The van der Waals surface area contributed by atoms with E-state index in [1.807, 2.05) is 6.92 Å². The van der Waals surface area contributed by atoms with Crippen molar-refractivity contribution in [3.63, 3.8) is 0 Å². The Hall–Kier alpha value is -1.08. The Bertz CT molecular complexity index is 421. The monoisotopic (exact) mass is 244 g/mol. The summed E-state index contributed by atoms with van der Waals surface area (Å²) in [5, 5.41) is 0. The molecule has 0 radical (unpaired) electrons. The van der Waals surface area contributed by atoms with Gasteiger partial charge in [-0.25, -0.2) is 0 Å². The SMILES string of the molecule is C=C(C)COC1(CC)CCCCc2ccccc21. The van der Waals surface area contributed by atoms with Crippen LogP contribution in [0.25, 0.3) is 0 Å². The number of hydrogen-bond donors (Lipinski definition) is 0. The molecule has 0 aromatic heterocycles. The molecule has 0 bridgehead atoms. The molecule has 0 heterocycles. The van der Waals surface area contributed by atoms with E-state index in [-0.39, 0.29) is 5.60 Å². The highest BCUT2D eigenvalue weighted by atomic mass is 16.5. The number of hydrogen-bond acceptors (Lipinski definition) is 1. The van der Waals surface area contributed by atoms with E-state index in [0.717, 1.165) is 18.4 Å². The number of benzene rings is 1. The summed E-state index contributed by atoms with van der Waals surface area (Å²) in [5.74, 6) is 0. The number of fused-ring (bicyclic) bond motifs is 1. The van der Waals surface area contributed by atoms with Crippen molar-refractivity contribution in [2.24, 2.45) is 0 Å². The molecule has 2 rings (SSSR count). The molecule has 18 heavy (non-hydrogen) atoms. The summed E-state index contributed by atoms with van der Waals surface area (Å²) in [6.07, 6.45) is 5.88. The van der Waals surface area contributed by atoms with E-state index in [2.05, 4.69) is 37.8 Å². The average molecular weight is 244 g/mol. The predicted octanol–water partition coefficient (Wildman–Crippen LogP) is 4.61. The maximum Gasteiger partial charge on any atom is 0.0935 e. The molecule has 1 unspecified atom stereocenters. The van der Waals surface area contributed by atoms with E-state index in [9.17, 15) is 0 Å². The zero-order valence-electron chi connectivity index (χ0n) is 11.7. The van der Waals surface area contributed by atoms with E-state index < -0.39 is 0 Å². The molecule has 1 aliphatic rings. The quantitative estimate of drug-likeness (QED) is 0.555. The Morgan fingerprint density at radius 3 is 2.83 bits per heavy atom. The minimum atomic E-state index is -0.0912. The third kappa shape index (κ3) is 2.67. The lowest BCUT2D eigenvalue weighted by atomic mass is 9.85. The molecule has 1 aromatic carbocycles. The lowest BCUT2D eigenvalue weighted by molar-refractivity contribution is -0.0493. The van der Waals surface area contributed by atoms with Crippen molar-refractivity contribution in [2.45, 2.75) is 51.6 Å². The molecule has 1 atom stereocenters. The molecule has 1 aliphatic carbocycles. The van der Waals surface area contributed by atoms with Gasteiger partial charge in [0.25, 0.3) is 0 Å². The smallest absolute Gasteiger partial charge is 0.0935 e. The van der Waals surface area contributed by atoms with Crippen LogP contribution in [0.2, 0.25) is 0 Å². The maximum atomic E-state index is 6.29. The molecule has 98 valence electrons. The number of ether oxygens (including phenoxy) is 1. The van der Waals surface area contributed by atoms with Crippen LogP contribution < -0.4 is 0 Å². The van der Waals surface area contributed by atoms with Gasteiger partial charge < -0.3 is 4.74 Å². The van der Waals surface area contributed by atoms with Gasteiger partial charge in [0, 0.05) is 0 Å². The van der Waals surface area contributed by atoms with Crippen LogP contribution in [0.15, 0.2) is 36.4 Å². The van der Waals surface area contributed by atoms with Gasteiger partial charge in [-0.15, -0.1) is 0 Å². The Morgan fingerprint density at radius 1 is 1.33 bits per heavy atom. The molecule has 1 heteroatoms. The van der Waals surface area contributed by atoms with Gasteiger partial charge in [-0.2, -0.15) is 0 Å². The topological polar surface area (TPSA) is 9.23 Å². The second kappa shape index (κ2) is 5.71. The van der Waals surface area contributed by atoms with Gasteiger partial charge in [0.2, 0.25) is 0 Å². The predicted molar refractivity (Wildman–Crippen MR) is 76.7 cm³/mol. The van der Waals surface area contributed by atoms with Gasteiger partial charge in [0.15, 0.2) is 0 Å². The summed E-state index contributed by atoms with van der Waals surface area (Å²) < 4.78 is 6.29. The summed E-state index contributed by atoms with van der Waals surface area (Å²) in [5.41, 5.74) is 3.89. The molecular formula is C17H24O. The van der Waals surface area contributed by atoms with Crippen molar-refractivity contribution in [3.05, 3.63) is 47.5 Å². The molecule has 0 saturated carbocycles. The third-order valence-corrected chi connectivity index (χ3v) is 3.95. The zero-order chi connectivity index (χ0) is 13.0. The number of aryl methyl sites for hydroxylation is 1. The van der Waals surface area contributed by atoms with Crippen molar-refractivity contribution in [1.82, 2.24) is 0 Å². The summed E-state index contributed by atoms with van der Waals surface area (Å²) in [6.45, 7) is 8.90. The lowest BCUT2D eigenvalue weighted by Crippen LogP contribution is -2.30. The molecule has 0 amide bonds. The van der Waals surface area contributed by atoms with Crippen LogP contribution in [0.1, 0.15) is 50.7 Å². The van der Waals surface area contributed by atoms with Gasteiger partial charge in [-0.3, -0.25) is 0 Å². The average Bonchev–Trinajstić information content (AvgIpc) is 2.57. The fraction of sp³-hybridized carbons (Fsp3) is 0.529. The summed E-state index contributed by atoms with van der Waals surface area (Å²) in [4.78, 5) is 0. The van der Waals surface area contributed by atoms with Crippen LogP contribution in [-0.4, -0.2) is 6.61 Å². The fourth-order valence-corrected chi connectivity index (χ4v) is 2.92. The Morgan fingerprint density at radius 2 is 2.11 bits per heavy atom. The standard InChI is InChI=1S/C17H24O/c1-4-17(18-13-14(2)3)12-8-7-10-15-9-5-6-11-16(15)17/h5-6,9,11H,2,4,7-8,10,12-13H2,1,3H3. The maximum absolute atomic E-state index is 6.29. The van der Waals surface area contributed by atoms with Gasteiger partial charge in [0.1, 0.15) is 0 Å². The van der Waals surface area contributed by atoms with E-state index in [1.54, 1.807) is 0 Å². The Kier molecular flexibility index (Phi) is 4.23. The van der Waals surface area contributed by atoms with Gasteiger partial charge in [-0.1, -0.05) is 43.3 Å². The van der Waals surface area contributed by atoms with E-state index in [4.69, 9.17) is 4.74 Å². The summed E-state index contributed by atoms with van der Waals surface area (Å²) in [7, 11) is 0. The second-order valence-corrected chi connectivity index (χ2v) is 5.46.